The van der Waals surface area contributed by atoms with Crippen molar-refractivity contribution in [3.05, 3.63) is 249 Å². The molecule has 0 spiro atoms. The number of nitrogens with one attached hydrogen (secondary N) is 6. The normalized spacial score (nSPS) is 14.7. The summed E-state index contributed by atoms with van der Waals surface area (Å²) in [7, 11) is 0. The van der Waals surface area contributed by atoms with Gasteiger partial charge < -0.3 is 40.8 Å². The number of ketones is 1. The van der Waals surface area contributed by atoms with Crippen molar-refractivity contribution in [3.8, 4) is 11.5 Å². The highest BCUT2D eigenvalue weighted by atomic mass is 16.5. The maximum Gasteiger partial charge on any atom is 0.320 e. The van der Waals surface area contributed by atoms with Gasteiger partial charge in [0.15, 0.2) is 11.4 Å². The van der Waals surface area contributed by atoms with Gasteiger partial charge in [-0.05, 0) is 117 Å². The topological polar surface area (TPSA) is 219 Å². The van der Waals surface area contributed by atoms with E-state index in [1.165, 1.54) is 35.4 Å². The lowest BCUT2D eigenvalue weighted by atomic mass is 9.80. The predicted octanol–water partition coefficient (Wildman–Crippen LogP) is 12.4. The zero-order valence-corrected chi connectivity index (χ0v) is 54.4. The molecule has 6 N–H and O–H groups in total. The number of unbranched alkanes of at least 4 members (excludes halogenated alkanes) is 7. The van der Waals surface area contributed by atoms with E-state index in [0.717, 1.165) is 61.8 Å². The molecule has 0 aliphatic carbocycles. The van der Waals surface area contributed by atoms with E-state index in [2.05, 4.69) is 98.2 Å². The van der Waals surface area contributed by atoms with Crippen LogP contribution in [0.25, 0.3) is 0 Å². The van der Waals surface area contributed by atoms with Gasteiger partial charge in [0.2, 0.25) is 5.91 Å². The molecule has 4 aliphatic heterocycles. The smallest absolute Gasteiger partial charge is 0.320 e. The van der Waals surface area contributed by atoms with Crippen molar-refractivity contribution in [3.63, 3.8) is 0 Å². The minimum Gasteiger partial charge on any atom is -0.494 e. The fraction of sp³-hybridized carbons (Fsp3) is 0.338. The Balaban J connectivity index is 1.00. The van der Waals surface area contributed by atoms with Crippen LogP contribution in [0.3, 0.4) is 0 Å². The first kappa shape index (κ1) is 69.2. The van der Waals surface area contributed by atoms with Crippen LogP contribution in [0, 0.1) is 0 Å². The second-order valence-corrected chi connectivity index (χ2v) is 25.6. The minimum atomic E-state index is -2.24. The van der Waals surface area contributed by atoms with Gasteiger partial charge in [-0.3, -0.25) is 38.9 Å². The highest BCUT2D eigenvalue weighted by Crippen LogP contribution is 2.34. The molecule has 1 atom stereocenters. The molecule has 4 heterocycles. The molecular formula is C77H88N6O10. The Labute approximate surface area is 547 Å². The van der Waals surface area contributed by atoms with Crippen LogP contribution in [-0.4, -0.2) is 74.2 Å². The van der Waals surface area contributed by atoms with Crippen molar-refractivity contribution in [2.45, 2.75) is 135 Å². The summed E-state index contributed by atoms with van der Waals surface area (Å²) in [5, 5.41) is 17.6. The third kappa shape index (κ3) is 20.2. The largest absolute Gasteiger partial charge is 0.494 e. The Bertz CT molecular complexity index is 3640. The van der Waals surface area contributed by atoms with Crippen LogP contribution in [0.1, 0.15) is 185 Å². The van der Waals surface area contributed by atoms with Crippen LogP contribution >= 0.6 is 0 Å². The molecule has 8 bridgehead atoms. The van der Waals surface area contributed by atoms with Gasteiger partial charge in [-0.2, -0.15) is 0 Å². The lowest BCUT2D eigenvalue weighted by molar-refractivity contribution is -0.143. The number of hydrogen-bond acceptors (Lipinski definition) is 11. The molecule has 11 rings (SSSR count). The van der Waals surface area contributed by atoms with Crippen molar-refractivity contribution >= 4 is 41.3 Å². The number of amides is 5. The third-order valence-corrected chi connectivity index (χ3v) is 16.3. The van der Waals surface area contributed by atoms with Gasteiger partial charge >= 0.3 is 5.97 Å². The van der Waals surface area contributed by atoms with Crippen molar-refractivity contribution in [2.75, 3.05) is 32.9 Å². The standard InChI is InChI=1S/C77H88N6O10/c1-8-38-91-65-43-60-42-61(44-65)72(88)80-50-55-34-36-62(37-35-55)77(67(84)51-81-74(90)69(56-24-17-15-18-25-56)57-26-19-16-20-27-57,83-73(89)59-29-23-28-58(41-59)70(86)78-48-53-30-32-54(33-31-53)49-79-71(60)87)82-52-68(85)93-40-22-14-12-10-9-11-13-21-39-92-66-46-63(75(2,3)4)45-64(47-66)76(5,6)7/h8,15-20,23-37,41-47,69,82H,1,9-14,21-22,38-40,48-52H2,2-7H3,(H,78,86)(H,79,87)(H,80,88)(H,81,90)(H,83,89). The Hall–Kier alpha value is -9.67. The first-order valence-electron chi connectivity index (χ1n) is 32.1. The van der Waals surface area contributed by atoms with Gasteiger partial charge in [0, 0.05) is 41.9 Å². The summed E-state index contributed by atoms with van der Waals surface area (Å²) < 4.78 is 17.8. The van der Waals surface area contributed by atoms with Crippen LogP contribution in [0.2, 0.25) is 0 Å². The lowest BCUT2D eigenvalue weighted by Crippen LogP contribution is -2.64. The van der Waals surface area contributed by atoms with Crippen LogP contribution in [0.5, 0.6) is 11.5 Å². The van der Waals surface area contributed by atoms with E-state index in [4.69, 9.17) is 14.2 Å². The van der Waals surface area contributed by atoms with Gasteiger partial charge in [-0.1, -0.05) is 214 Å². The first-order valence-corrected chi connectivity index (χ1v) is 32.1. The average Bonchev–Trinajstić information content (AvgIpc) is 1.00. The number of rotatable bonds is 24. The molecule has 0 aromatic heterocycles. The second kappa shape index (κ2) is 33.1. The fourth-order valence-corrected chi connectivity index (χ4v) is 10.8. The molecule has 0 saturated heterocycles. The molecule has 0 fully saturated rings. The van der Waals surface area contributed by atoms with Crippen molar-refractivity contribution in [1.29, 1.82) is 0 Å². The number of Topliss-reactive ketones (excluding diaryl/α,β-unsaturated/α-hetero) is 1. The van der Waals surface area contributed by atoms with E-state index >= 15 is 4.79 Å². The molecule has 16 nitrogen and oxygen atoms in total. The fourth-order valence-electron chi connectivity index (χ4n) is 10.8. The highest BCUT2D eigenvalue weighted by Gasteiger charge is 2.43. The molecule has 16 heteroatoms. The predicted molar refractivity (Wildman–Crippen MR) is 362 cm³/mol. The summed E-state index contributed by atoms with van der Waals surface area (Å²) >= 11 is 0. The highest BCUT2D eigenvalue weighted by molar-refractivity contribution is 6.04. The Morgan fingerprint density at radius 2 is 0.957 bits per heavy atom. The molecule has 0 radical (unpaired) electrons. The van der Waals surface area contributed by atoms with E-state index < -0.39 is 66.0 Å². The Morgan fingerprint density at radius 1 is 0.505 bits per heavy atom. The maximum absolute atomic E-state index is 15.5. The monoisotopic (exact) mass is 1260 g/mol. The molecule has 4 aliphatic rings. The number of benzene rings is 7. The van der Waals surface area contributed by atoms with Gasteiger partial charge in [0.1, 0.15) is 18.1 Å². The van der Waals surface area contributed by atoms with Crippen LogP contribution < -0.4 is 41.4 Å². The van der Waals surface area contributed by atoms with Crippen molar-refractivity contribution in [1.82, 2.24) is 31.9 Å². The molecule has 486 valence electrons. The lowest BCUT2D eigenvalue weighted by Gasteiger charge is -2.35. The van der Waals surface area contributed by atoms with Crippen molar-refractivity contribution < 1.29 is 47.8 Å². The van der Waals surface area contributed by atoms with Gasteiger partial charge in [-0.25, -0.2) is 0 Å². The number of carbonyl (C=O) groups excluding carboxylic acids is 7. The van der Waals surface area contributed by atoms with Crippen LogP contribution in [0.15, 0.2) is 183 Å². The second-order valence-electron chi connectivity index (χ2n) is 25.6. The zero-order valence-electron chi connectivity index (χ0n) is 54.4. The summed E-state index contributed by atoms with van der Waals surface area (Å²) in [6, 6.07) is 49.2. The van der Waals surface area contributed by atoms with Crippen LogP contribution in [-0.2, 0) is 55.2 Å². The minimum absolute atomic E-state index is 0.0114. The van der Waals surface area contributed by atoms with E-state index in [1.807, 2.05) is 84.9 Å². The number of ether oxygens (including phenoxy) is 3. The quantitative estimate of drug-likeness (QED) is 0.0190. The van der Waals surface area contributed by atoms with Gasteiger partial charge in [0.25, 0.3) is 23.6 Å². The number of esters is 1. The first-order chi connectivity index (χ1) is 44.7. The summed E-state index contributed by atoms with van der Waals surface area (Å²) in [6.45, 7) is 17.1. The number of hydrogen-bond donors (Lipinski definition) is 6. The molecule has 93 heavy (non-hydrogen) atoms. The van der Waals surface area contributed by atoms with E-state index in [1.54, 1.807) is 48.5 Å². The molecular weight excluding hydrogens is 1170 g/mol. The van der Waals surface area contributed by atoms with E-state index in [0.29, 0.717) is 29.7 Å². The SMILES string of the molecule is C=CCOc1cc2cc(c1)C(=O)NCc1ccc(cc1)C(NCC(=O)OCCCCCCCCCCOc1cc(C(C)(C)C)cc(C(C)(C)C)c1)(C(=O)CNC(=O)C(c1ccccc1)c1ccccc1)NC(=O)c1cccc(c1)C(=O)NCc1ccc(cc1)CNC2=O. The Morgan fingerprint density at radius 3 is 1.46 bits per heavy atom. The maximum atomic E-state index is 15.5. The third-order valence-electron chi connectivity index (χ3n) is 16.3. The molecule has 7 aromatic rings. The van der Waals surface area contributed by atoms with Gasteiger partial charge in [-0.15, -0.1) is 0 Å². The molecule has 0 saturated carbocycles. The van der Waals surface area contributed by atoms with Gasteiger partial charge in [0.05, 0.1) is 32.2 Å². The number of carbonyl (C=O) groups is 7. The summed E-state index contributed by atoms with van der Waals surface area (Å²) in [4.78, 5) is 100. The molecule has 1 unspecified atom stereocenters. The van der Waals surface area contributed by atoms with E-state index in [9.17, 15) is 28.8 Å². The van der Waals surface area contributed by atoms with Crippen LogP contribution in [0.4, 0.5) is 0 Å². The molecule has 7 aromatic carbocycles. The zero-order chi connectivity index (χ0) is 66.4. The van der Waals surface area contributed by atoms with Crippen molar-refractivity contribution in [2.24, 2.45) is 0 Å². The average molecular weight is 1260 g/mol. The summed E-state index contributed by atoms with van der Waals surface area (Å²) in [5.74, 6) is -3.80. The van der Waals surface area contributed by atoms with E-state index in [-0.39, 0.29) is 77.2 Å². The summed E-state index contributed by atoms with van der Waals surface area (Å²) in [5.41, 5.74) is 4.46. The Kier molecular flexibility index (Phi) is 24.6. The summed E-state index contributed by atoms with van der Waals surface area (Å²) in [6.07, 6.45) is 9.16. The molecule has 5 amide bonds.